The number of aliphatic carboxylic acids is 1. The number of carboxylic acids is 2. The molecule has 1 heterocycles. The fourth-order valence-electron chi connectivity index (χ4n) is 3.38. The van der Waals surface area contributed by atoms with Gasteiger partial charge in [-0.25, -0.2) is 14.6 Å². The van der Waals surface area contributed by atoms with E-state index in [9.17, 15) is 14.7 Å². The molecule has 200 valence electrons. The van der Waals surface area contributed by atoms with E-state index in [1.165, 1.54) is 18.2 Å². The first-order valence-electron chi connectivity index (χ1n) is 11.3. The topological polar surface area (TPSA) is 144 Å². The minimum absolute atomic E-state index is 0.0165. The van der Waals surface area contributed by atoms with E-state index in [2.05, 4.69) is 31.1 Å². The summed E-state index contributed by atoms with van der Waals surface area (Å²) in [7, 11) is 3.09. The van der Waals surface area contributed by atoms with Gasteiger partial charge in [-0.3, -0.25) is 5.10 Å². The molecule has 10 nitrogen and oxygen atoms in total. The molecule has 0 radical (unpaired) electrons. The highest BCUT2D eigenvalue weighted by molar-refractivity contribution is 9.10. The van der Waals surface area contributed by atoms with Gasteiger partial charge in [0.2, 0.25) is 5.16 Å². The normalized spacial score (nSPS) is 11.2. The minimum Gasteiger partial charge on any atom is -0.497 e. The zero-order valence-electron chi connectivity index (χ0n) is 20.7. The number of benzene rings is 3. The SMILES string of the molecule is COc1cc(OC)cc(-c2nc(S/C(=C\c3ccc(OCc4ccc(C(=O)O)cc4)c(Br)c3)C(=O)O)n[nH]2)c1. The molecule has 0 aliphatic carbocycles. The summed E-state index contributed by atoms with van der Waals surface area (Å²) in [5, 5.41) is 26.0. The van der Waals surface area contributed by atoms with Gasteiger partial charge in [0.1, 0.15) is 28.8 Å². The largest absolute Gasteiger partial charge is 0.497 e. The lowest BCUT2D eigenvalue weighted by Crippen LogP contribution is -1.99. The van der Waals surface area contributed by atoms with Crippen LogP contribution in [0.15, 0.2) is 75.2 Å². The van der Waals surface area contributed by atoms with Crippen LogP contribution in [-0.2, 0) is 11.4 Å². The summed E-state index contributed by atoms with van der Waals surface area (Å²) in [5.74, 6) is 0.0161. The molecule has 0 fully saturated rings. The summed E-state index contributed by atoms with van der Waals surface area (Å²) < 4.78 is 17.0. The predicted octanol–water partition coefficient (Wildman–Crippen LogP) is 5.75. The van der Waals surface area contributed by atoms with E-state index in [0.29, 0.717) is 38.7 Å². The average molecular weight is 612 g/mol. The second-order valence-corrected chi connectivity index (χ2v) is 9.83. The second-order valence-electron chi connectivity index (χ2n) is 7.96. The highest BCUT2D eigenvalue weighted by Crippen LogP contribution is 2.32. The second kappa shape index (κ2) is 12.5. The molecule has 12 heteroatoms. The summed E-state index contributed by atoms with van der Waals surface area (Å²) in [5.41, 5.74) is 2.30. The molecule has 0 spiro atoms. The molecule has 0 aliphatic heterocycles. The minimum atomic E-state index is -1.13. The van der Waals surface area contributed by atoms with Crippen LogP contribution in [0.5, 0.6) is 17.2 Å². The van der Waals surface area contributed by atoms with E-state index < -0.39 is 11.9 Å². The molecule has 0 saturated heterocycles. The smallest absolute Gasteiger partial charge is 0.342 e. The van der Waals surface area contributed by atoms with E-state index >= 15 is 0 Å². The Balaban J connectivity index is 1.47. The molecule has 4 rings (SSSR count). The third-order valence-electron chi connectivity index (χ3n) is 5.35. The first kappa shape index (κ1) is 27.7. The summed E-state index contributed by atoms with van der Waals surface area (Å²) in [6.45, 7) is 0.232. The maximum atomic E-state index is 12.0. The Morgan fingerprint density at radius 3 is 2.28 bits per heavy atom. The number of H-pyrrole nitrogens is 1. The molecule has 4 aromatic rings. The maximum absolute atomic E-state index is 12.0. The number of carbonyl (C=O) groups is 2. The number of aromatic nitrogens is 3. The van der Waals surface area contributed by atoms with Crippen LogP contribution < -0.4 is 14.2 Å². The number of nitrogens with one attached hydrogen (secondary N) is 1. The Kier molecular flexibility index (Phi) is 8.89. The van der Waals surface area contributed by atoms with Gasteiger partial charge in [0.05, 0.1) is 24.3 Å². The van der Waals surface area contributed by atoms with Gasteiger partial charge in [0.25, 0.3) is 0 Å². The number of hydrogen-bond donors (Lipinski definition) is 3. The summed E-state index contributed by atoms with van der Waals surface area (Å²) >= 11 is 4.37. The lowest BCUT2D eigenvalue weighted by atomic mass is 10.1. The van der Waals surface area contributed by atoms with E-state index in [1.807, 2.05) is 0 Å². The molecule has 3 N–H and O–H groups in total. The number of halogens is 1. The van der Waals surface area contributed by atoms with Crippen LogP contribution in [0, 0.1) is 0 Å². The van der Waals surface area contributed by atoms with Crippen molar-refractivity contribution >= 4 is 45.7 Å². The zero-order valence-corrected chi connectivity index (χ0v) is 23.1. The standard InChI is InChI=1S/C27H22BrN3O7S/c1-36-19-11-18(12-20(13-19)37-2)24-29-27(31-30-24)39-23(26(34)35)10-16-5-8-22(21(28)9-16)38-14-15-3-6-17(7-4-15)25(32)33/h3-13H,14H2,1-2H3,(H,32,33)(H,34,35)(H,29,30,31)/b23-10-. The van der Waals surface area contributed by atoms with Crippen LogP contribution in [0.1, 0.15) is 21.5 Å². The number of aromatic amines is 1. The van der Waals surface area contributed by atoms with Crippen molar-refractivity contribution in [1.82, 2.24) is 15.2 Å². The van der Waals surface area contributed by atoms with Gasteiger partial charge in [-0.2, -0.15) is 0 Å². The quantitative estimate of drug-likeness (QED) is 0.142. The van der Waals surface area contributed by atoms with E-state index in [-0.39, 0.29) is 22.2 Å². The van der Waals surface area contributed by atoms with Crippen molar-refractivity contribution in [2.45, 2.75) is 11.8 Å². The number of carboxylic acid groups (broad SMARTS) is 2. The highest BCUT2D eigenvalue weighted by atomic mass is 79.9. The Labute approximate surface area is 235 Å². The van der Waals surface area contributed by atoms with Crippen molar-refractivity contribution in [3.05, 3.63) is 86.7 Å². The van der Waals surface area contributed by atoms with Crippen molar-refractivity contribution in [2.75, 3.05) is 14.2 Å². The fourth-order valence-corrected chi connectivity index (χ4v) is 4.60. The van der Waals surface area contributed by atoms with Gasteiger partial charge in [-0.05, 0) is 81.3 Å². The first-order chi connectivity index (χ1) is 18.7. The predicted molar refractivity (Wildman–Crippen MR) is 148 cm³/mol. The van der Waals surface area contributed by atoms with Gasteiger partial charge in [-0.15, -0.1) is 5.10 Å². The Bertz CT molecular complexity index is 1510. The molecule has 39 heavy (non-hydrogen) atoms. The molecular weight excluding hydrogens is 590 g/mol. The van der Waals surface area contributed by atoms with Crippen molar-refractivity contribution in [1.29, 1.82) is 0 Å². The van der Waals surface area contributed by atoms with E-state index in [1.54, 1.807) is 62.8 Å². The van der Waals surface area contributed by atoms with Crippen LogP contribution in [-0.4, -0.2) is 51.6 Å². The average Bonchev–Trinajstić information content (AvgIpc) is 3.40. The van der Waals surface area contributed by atoms with Gasteiger partial charge < -0.3 is 24.4 Å². The lowest BCUT2D eigenvalue weighted by molar-refractivity contribution is -0.131. The lowest BCUT2D eigenvalue weighted by Gasteiger charge is -2.09. The van der Waals surface area contributed by atoms with Gasteiger partial charge in [0, 0.05) is 11.6 Å². The van der Waals surface area contributed by atoms with Crippen molar-refractivity contribution < 1.29 is 34.0 Å². The number of ether oxygens (including phenoxy) is 3. The molecule has 3 aromatic carbocycles. The summed E-state index contributed by atoms with van der Waals surface area (Å²) in [4.78, 5) is 27.4. The van der Waals surface area contributed by atoms with Crippen LogP contribution >= 0.6 is 27.7 Å². The van der Waals surface area contributed by atoms with Gasteiger partial charge in [-0.1, -0.05) is 18.2 Å². The van der Waals surface area contributed by atoms with Crippen LogP contribution in [0.25, 0.3) is 17.5 Å². The number of methoxy groups -OCH3 is 2. The molecule has 0 amide bonds. The van der Waals surface area contributed by atoms with Gasteiger partial charge >= 0.3 is 11.9 Å². The molecule has 0 aliphatic rings. The Morgan fingerprint density at radius 1 is 1.00 bits per heavy atom. The number of rotatable bonds is 11. The first-order valence-corrected chi connectivity index (χ1v) is 12.9. The number of hydrogen-bond acceptors (Lipinski definition) is 8. The summed E-state index contributed by atoms with van der Waals surface area (Å²) in [6, 6.07) is 16.8. The molecule has 0 atom stereocenters. The summed E-state index contributed by atoms with van der Waals surface area (Å²) in [6.07, 6.45) is 1.51. The number of aromatic carboxylic acids is 1. The Morgan fingerprint density at radius 2 is 1.69 bits per heavy atom. The third-order valence-corrected chi connectivity index (χ3v) is 6.85. The van der Waals surface area contributed by atoms with Crippen molar-refractivity contribution in [2.24, 2.45) is 0 Å². The van der Waals surface area contributed by atoms with Crippen molar-refractivity contribution in [3.63, 3.8) is 0 Å². The van der Waals surface area contributed by atoms with Crippen molar-refractivity contribution in [3.8, 4) is 28.6 Å². The van der Waals surface area contributed by atoms with Crippen LogP contribution in [0.2, 0.25) is 0 Å². The van der Waals surface area contributed by atoms with E-state index in [4.69, 9.17) is 19.3 Å². The van der Waals surface area contributed by atoms with E-state index in [0.717, 1.165) is 17.3 Å². The molecule has 0 saturated carbocycles. The number of thioether (sulfide) groups is 1. The molecular formula is C27H22BrN3O7S. The highest BCUT2D eigenvalue weighted by Gasteiger charge is 2.16. The van der Waals surface area contributed by atoms with Crippen LogP contribution in [0.3, 0.4) is 0 Å². The number of nitrogens with zero attached hydrogens (tertiary/aromatic N) is 2. The Hall–Kier alpha value is -4.29. The third kappa shape index (κ3) is 7.18. The monoisotopic (exact) mass is 611 g/mol. The molecule has 0 bridgehead atoms. The maximum Gasteiger partial charge on any atom is 0.342 e. The van der Waals surface area contributed by atoms with Crippen LogP contribution in [0.4, 0.5) is 0 Å². The fraction of sp³-hybridized carbons (Fsp3) is 0.111. The van der Waals surface area contributed by atoms with Gasteiger partial charge in [0.15, 0.2) is 5.82 Å². The zero-order chi connectivity index (χ0) is 27.9. The molecule has 0 unspecified atom stereocenters. The molecule has 1 aromatic heterocycles.